The van der Waals surface area contributed by atoms with Crippen molar-refractivity contribution in [1.29, 1.82) is 0 Å². The smallest absolute Gasteiger partial charge is 0.220 e. The fraction of sp³-hybridized carbons (Fsp3) is 0.562. The number of ether oxygens (including phenoxy) is 1. The summed E-state index contributed by atoms with van der Waals surface area (Å²) < 4.78 is 5.33. The summed E-state index contributed by atoms with van der Waals surface area (Å²) in [7, 11) is 0. The Morgan fingerprint density at radius 2 is 2.05 bits per heavy atom. The molecule has 0 aromatic heterocycles. The maximum Gasteiger partial charge on any atom is 0.220 e. The SMILES string of the molecule is Nc1ccccc1CCC(=O)NCCC1CCOCC1. The Balaban J connectivity index is 1.62. The number of rotatable bonds is 6. The van der Waals surface area contributed by atoms with Crippen LogP contribution >= 0.6 is 0 Å². The first kappa shape index (κ1) is 14.9. The van der Waals surface area contributed by atoms with Gasteiger partial charge in [-0.3, -0.25) is 4.79 Å². The average molecular weight is 276 g/mol. The molecule has 3 N–H and O–H groups in total. The van der Waals surface area contributed by atoms with E-state index in [1.165, 1.54) is 0 Å². The van der Waals surface area contributed by atoms with Gasteiger partial charge in [0.05, 0.1) is 0 Å². The number of hydrogen-bond donors (Lipinski definition) is 2. The van der Waals surface area contributed by atoms with Gasteiger partial charge in [0.1, 0.15) is 0 Å². The Morgan fingerprint density at radius 3 is 2.80 bits per heavy atom. The molecule has 0 saturated carbocycles. The minimum atomic E-state index is 0.111. The lowest BCUT2D eigenvalue weighted by molar-refractivity contribution is -0.121. The summed E-state index contributed by atoms with van der Waals surface area (Å²) in [5, 5.41) is 3.00. The molecular formula is C16H24N2O2. The fourth-order valence-corrected chi connectivity index (χ4v) is 2.55. The van der Waals surface area contributed by atoms with Gasteiger partial charge < -0.3 is 15.8 Å². The van der Waals surface area contributed by atoms with Crippen molar-refractivity contribution in [2.24, 2.45) is 5.92 Å². The third-order valence-electron chi connectivity index (χ3n) is 3.89. The Hall–Kier alpha value is -1.55. The number of benzene rings is 1. The van der Waals surface area contributed by atoms with E-state index in [1.54, 1.807) is 0 Å². The van der Waals surface area contributed by atoms with Gasteiger partial charge in [-0.25, -0.2) is 0 Å². The van der Waals surface area contributed by atoms with E-state index in [1.807, 2.05) is 24.3 Å². The van der Waals surface area contributed by atoms with Crippen molar-refractivity contribution in [2.75, 3.05) is 25.5 Å². The number of nitrogen functional groups attached to an aromatic ring is 1. The maximum absolute atomic E-state index is 11.8. The normalized spacial score (nSPS) is 16.0. The van der Waals surface area contributed by atoms with Crippen LogP contribution in [0.4, 0.5) is 5.69 Å². The topological polar surface area (TPSA) is 64.4 Å². The van der Waals surface area contributed by atoms with Crippen LogP contribution in [-0.2, 0) is 16.0 Å². The molecule has 1 aromatic carbocycles. The summed E-state index contributed by atoms with van der Waals surface area (Å²) >= 11 is 0. The lowest BCUT2D eigenvalue weighted by Crippen LogP contribution is -2.27. The molecule has 4 nitrogen and oxygen atoms in total. The third kappa shape index (κ3) is 4.85. The minimum Gasteiger partial charge on any atom is -0.399 e. The lowest BCUT2D eigenvalue weighted by atomic mass is 9.97. The molecule has 20 heavy (non-hydrogen) atoms. The van der Waals surface area contributed by atoms with E-state index in [-0.39, 0.29) is 5.91 Å². The third-order valence-corrected chi connectivity index (χ3v) is 3.89. The Kier molecular flexibility index (Phi) is 5.87. The predicted octanol–water partition coefficient (Wildman–Crippen LogP) is 2.13. The molecule has 110 valence electrons. The van der Waals surface area contributed by atoms with E-state index < -0.39 is 0 Å². The van der Waals surface area contributed by atoms with Crippen molar-refractivity contribution < 1.29 is 9.53 Å². The molecule has 0 bridgehead atoms. The molecule has 1 aliphatic rings. The Morgan fingerprint density at radius 1 is 1.30 bits per heavy atom. The zero-order valence-corrected chi connectivity index (χ0v) is 11.9. The van der Waals surface area contributed by atoms with E-state index in [2.05, 4.69) is 5.32 Å². The second kappa shape index (κ2) is 7.90. The molecule has 0 radical (unpaired) electrons. The second-order valence-corrected chi connectivity index (χ2v) is 5.39. The quantitative estimate of drug-likeness (QED) is 0.782. The van der Waals surface area contributed by atoms with Crippen LogP contribution in [0.15, 0.2) is 24.3 Å². The van der Waals surface area contributed by atoms with Gasteiger partial charge in [0.2, 0.25) is 5.91 Å². The van der Waals surface area contributed by atoms with Gasteiger partial charge in [0, 0.05) is 31.9 Å². The highest BCUT2D eigenvalue weighted by Crippen LogP contribution is 2.17. The number of hydrogen-bond acceptors (Lipinski definition) is 3. The average Bonchev–Trinajstić information content (AvgIpc) is 2.47. The van der Waals surface area contributed by atoms with E-state index in [9.17, 15) is 4.79 Å². The lowest BCUT2D eigenvalue weighted by Gasteiger charge is -2.21. The molecule has 0 spiro atoms. The summed E-state index contributed by atoms with van der Waals surface area (Å²) in [4.78, 5) is 11.8. The molecule has 0 atom stereocenters. The number of nitrogens with two attached hydrogens (primary N) is 1. The summed E-state index contributed by atoms with van der Waals surface area (Å²) in [6.45, 7) is 2.51. The van der Waals surface area contributed by atoms with Crippen LogP contribution in [0.2, 0.25) is 0 Å². The van der Waals surface area contributed by atoms with Gasteiger partial charge in [0.15, 0.2) is 0 Å². The molecule has 2 rings (SSSR count). The molecule has 0 aliphatic carbocycles. The van der Waals surface area contributed by atoms with Crippen LogP contribution in [0.25, 0.3) is 0 Å². The summed E-state index contributed by atoms with van der Waals surface area (Å²) in [5.41, 5.74) is 7.68. The molecule has 1 fully saturated rings. The van der Waals surface area contributed by atoms with Crippen molar-refractivity contribution in [3.63, 3.8) is 0 Å². The summed E-state index contributed by atoms with van der Waals surface area (Å²) in [6, 6.07) is 7.71. The number of para-hydroxylation sites is 1. The van der Waals surface area contributed by atoms with Crippen molar-refractivity contribution >= 4 is 11.6 Å². The van der Waals surface area contributed by atoms with Gasteiger partial charge in [-0.05, 0) is 43.2 Å². The van der Waals surface area contributed by atoms with Crippen molar-refractivity contribution in [3.05, 3.63) is 29.8 Å². The fourth-order valence-electron chi connectivity index (χ4n) is 2.55. The van der Waals surface area contributed by atoms with Crippen molar-refractivity contribution in [3.8, 4) is 0 Å². The zero-order valence-electron chi connectivity index (χ0n) is 11.9. The maximum atomic E-state index is 11.8. The van der Waals surface area contributed by atoms with Gasteiger partial charge in [-0.15, -0.1) is 0 Å². The summed E-state index contributed by atoms with van der Waals surface area (Å²) in [6.07, 6.45) is 4.51. The molecule has 1 aliphatic heterocycles. The van der Waals surface area contributed by atoms with Crippen molar-refractivity contribution in [2.45, 2.75) is 32.1 Å². The summed E-state index contributed by atoms with van der Waals surface area (Å²) in [5.74, 6) is 0.814. The van der Waals surface area contributed by atoms with Crippen molar-refractivity contribution in [1.82, 2.24) is 5.32 Å². The van der Waals surface area contributed by atoms with Crippen LogP contribution in [0.5, 0.6) is 0 Å². The largest absolute Gasteiger partial charge is 0.399 e. The van der Waals surface area contributed by atoms with Gasteiger partial charge >= 0.3 is 0 Å². The van der Waals surface area contributed by atoms with E-state index in [0.29, 0.717) is 18.8 Å². The number of anilines is 1. The zero-order chi connectivity index (χ0) is 14.2. The van der Waals surface area contributed by atoms with Crippen LogP contribution in [0.1, 0.15) is 31.2 Å². The van der Waals surface area contributed by atoms with Gasteiger partial charge in [-0.2, -0.15) is 0 Å². The standard InChI is InChI=1S/C16H24N2O2/c17-15-4-2-1-3-14(15)5-6-16(19)18-10-7-13-8-11-20-12-9-13/h1-4,13H,5-12,17H2,(H,18,19). The van der Waals surface area contributed by atoms with Gasteiger partial charge in [0.25, 0.3) is 0 Å². The molecule has 4 heteroatoms. The Labute approximate surface area is 120 Å². The molecular weight excluding hydrogens is 252 g/mol. The second-order valence-electron chi connectivity index (χ2n) is 5.39. The number of carbonyl (C=O) groups excluding carboxylic acids is 1. The van der Waals surface area contributed by atoms with E-state index >= 15 is 0 Å². The Bertz CT molecular complexity index is 428. The monoisotopic (exact) mass is 276 g/mol. The van der Waals surface area contributed by atoms with Crippen LogP contribution < -0.4 is 11.1 Å². The first-order valence-electron chi connectivity index (χ1n) is 7.43. The number of carbonyl (C=O) groups is 1. The van der Waals surface area contributed by atoms with Crippen LogP contribution in [-0.4, -0.2) is 25.7 Å². The molecule has 1 heterocycles. The van der Waals surface area contributed by atoms with E-state index in [4.69, 9.17) is 10.5 Å². The first-order valence-corrected chi connectivity index (χ1v) is 7.43. The minimum absolute atomic E-state index is 0.111. The molecule has 1 amide bonds. The highest BCUT2D eigenvalue weighted by atomic mass is 16.5. The van der Waals surface area contributed by atoms with Crippen LogP contribution in [0, 0.1) is 5.92 Å². The number of aryl methyl sites for hydroxylation is 1. The van der Waals surface area contributed by atoms with Crippen LogP contribution in [0.3, 0.4) is 0 Å². The molecule has 0 unspecified atom stereocenters. The molecule has 1 saturated heterocycles. The highest BCUT2D eigenvalue weighted by molar-refractivity contribution is 5.76. The predicted molar refractivity (Wildman–Crippen MR) is 80.3 cm³/mol. The molecule has 1 aromatic rings. The number of nitrogens with one attached hydrogen (secondary N) is 1. The first-order chi connectivity index (χ1) is 9.75. The van der Waals surface area contributed by atoms with E-state index in [0.717, 1.165) is 50.3 Å². The van der Waals surface area contributed by atoms with Gasteiger partial charge in [-0.1, -0.05) is 18.2 Å². The number of amides is 1. The highest BCUT2D eigenvalue weighted by Gasteiger charge is 2.13.